The molecule has 0 radical (unpaired) electrons. The zero-order valence-corrected chi connectivity index (χ0v) is 12.7. The molecule has 118 valence electrons. The van der Waals surface area contributed by atoms with E-state index in [1.54, 1.807) is 10.9 Å². The fourth-order valence-electron chi connectivity index (χ4n) is 2.72. The molecule has 2 aromatic heterocycles. The summed E-state index contributed by atoms with van der Waals surface area (Å²) in [6.45, 7) is 4.59. The Bertz CT molecular complexity index is 642. The van der Waals surface area contributed by atoms with E-state index in [-0.39, 0.29) is 11.7 Å². The molecule has 0 atom stereocenters. The van der Waals surface area contributed by atoms with Crippen molar-refractivity contribution in [3.05, 3.63) is 29.4 Å². The third kappa shape index (κ3) is 3.16. The first-order valence-corrected chi connectivity index (χ1v) is 7.30. The maximum Gasteiger partial charge on any atom is 0.360 e. The second kappa shape index (κ2) is 6.27. The van der Waals surface area contributed by atoms with Gasteiger partial charge in [-0.25, -0.2) is 9.48 Å². The van der Waals surface area contributed by atoms with Crippen molar-refractivity contribution in [2.45, 2.75) is 32.4 Å². The molecule has 1 saturated heterocycles. The molecule has 0 amide bonds. The molecule has 0 aliphatic carbocycles. The Morgan fingerprint density at radius 2 is 2.23 bits per heavy atom. The van der Waals surface area contributed by atoms with E-state index in [0.29, 0.717) is 0 Å². The van der Waals surface area contributed by atoms with Crippen LogP contribution in [0.2, 0.25) is 0 Å². The highest BCUT2D eigenvalue weighted by atomic mass is 16.5. The molecule has 2 aromatic rings. The van der Waals surface area contributed by atoms with Gasteiger partial charge in [0.15, 0.2) is 5.69 Å². The number of carbonyl (C=O) groups excluding carboxylic acids is 1. The lowest BCUT2D eigenvalue weighted by atomic mass is 10.1. The number of esters is 1. The van der Waals surface area contributed by atoms with Crippen molar-refractivity contribution < 1.29 is 14.1 Å². The second-order valence-corrected chi connectivity index (χ2v) is 5.51. The minimum absolute atomic E-state index is 0.253. The van der Waals surface area contributed by atoms with Gasteiger partial charge in [-0.2, -0.15) is 0 Å². The van der Waals surface area contributed by atoms with Crippen LogP contribution in [0.1, 0.15) is 40.8 Å². The number of nitrogens with zero attached hydrogens (tertiary/aromatic N) is 5. The van der Waals surface area contributed by atoms with Crippen molar-refractivity contribution >= 4 is 5.97 Å². The Kier molecular flexibility index (Phi) is 4.19. The lowest BCUT2D eigenvalue weighted by Crippen LogP contribution is -2.34. The highest BCUT2D eigenvalue weighted by Crippen LogP contribution is 2.23. The quantitative estimate of drug-likeness (QED) is 0.784. The lowest BCUT2D eigenvalue weighted by molar-refractivity contribution is 0.0594. The van der Waals surface area contributed by atoms with Crippen LogP contribution in [0.5, 0.6) is 0 Å². The second-order valence-electron chi connectivity index (χ2n) is 5.51. The van der Waals surface area contributed by atoms with Gasteiger partial charge in [0.25, 0.3) is 0 Å². The minimum Gasteiger partial charge on any atom is -0.464 e. The molecule has 3 heterocycles. The number of carbonyl (C=O) groups is 1. The van der Waals surface area contributed by atoms with E-state index in [4.69, 9.17) is 4.52 Å². The Balaban J connectivity index is 1.55. The van der Waals surface area contributed by atoms with E-state index in [0.717, 1.165) is 43.9 Å². The maximum absolute atomic E-state index is 11.4. The molecular weight excluding hydrogens is 286 g/mol. The van der Waals surface area contributed by atoms with Crippen molar-refractivity contribution in [1.82, 2.24) is 25.1 Å². The van der Waals surface area contributed by atoms with Crippen LogP contribution >= 0.6 is 0 Å². The van der Waals surface area contributed by atoms with Gasteiger partial charge in [-0.3, -0.25) is 4.90 Å². The molecule has 0 saturated carbocycles. The number of piperidine rings is 1. The van der Waals surface area contributed by atoms with Gasteiger partial charge in [-0.15, -0.1) is 5.10 Å². The number of aromatic nitrogens is 4. The zero-order chi connectivity index (χ0) is 15.5. The molecule has 3 rings (SSSR count). The number of hydrogen-bond donors (Lipinski definition) is 0. The van der Waals surface area contributed by atoms with Crippen molar-refractivity contribution in [2.75, 3.05) is 20.2 Å². The third-order valence-corrected chi connectivity index (χ3v) is 3.90. The summed E-state index contributed by atoms with van der Waals surface area (Å²) in [4.78, 5) is 13.7. The number of hydrogen-bond acceptors (Lipinski definition) is 7. The fourth-order valence-corrected chi connectivity index (χ4v) is 2.72. The smallest absolute Gasteiger partial charge is 0.360 e. The Morgan fingerprint density at radius 1 is 1.45 bits per heavy atom. The Hall–Kier alpha value is -2.22. The van der Waals surface area contributed by atoms with Crippen molar-refractivity contribution in [3.8, 4) is 0 Å². The van der Waals surface area contributed by atoms with Crippen LogP contribution in [-0.2, 0) is 11.3 Å². The molecule has 8 nitrogen and oxygen atoms in total. The minimum atomic E-state index is -0.454. The van der Waals surface area contributed by atoms with Gasteiger partial charge in [-0.05, 0) is 19.8 Å². The van der Waals surface area contributed by atoms with Gasteiger partial charge >= 0.3 is 5.97 Å². The first-order valence-electron chi connectivity index (χ1n) is 7.30. The van der Waals surface area contributed by atoms with Crippen molar-refractivity contribution in [2.24, 2.45) is 0 Å². The lowest BCUT2D eigenvalue weighted by Gasteiger charge is -2.31. The molecule has 8 heteroatoms. The molecule has 0 N–H and O–H groups in total. The Labute approximate surface area is 128 Å². The molecule has 0 unspecified atom stereocenters. The van der Waals surface area contributed by atoms with Crippen LogP contribution in [0.3, 0.4) is 0 Å². The summed E-state index contributed by atoms with van der Waals surface area (Å²) in [6.07, 6.45) is 3.58. The monoisotopic (exact) mass is 305 g/mol. The predicted octanol–water partition coefficient (Wildman–Crippen LogP) is 1.20. The number of likely N-dealkylation sites (tertiary alicyclic amines) is 1. The topological polar surface area (TPSA) is 86.3 Å². The summed E-state index contributed by atoms with van der Waals surface area (Å²) in [5.74, 6) is 0.382. The first kappa shape index (κ1) is 14.7. The number of ether oxygens (including phenoxy) is 1. The molecule has 0 aromatic carbocycles. The van der Waals surface area contributed by atoms with Gasteiger partial charge in [0, 0.05) is 25.7 Å². The number of methoxy groups -OCH3 is 1. The van der Waals surface area contributed by atoms with Gasteiger partial charge < -0.3 is 9.26 Å². The van der Waals surface area contributed by atoms with E-state index < -0.39 is 5.97 Å². The van der Waals surface area contributed by atoms with Crippen LogP contribution < -0.4 is 0 Å². The van der Waals surface area contributed by atoms with Gasteiger partial charge in [0.2, 0.25) is 0 Å². The molecule has 1 fully saturated rings. The predicted molar refractivity (Wildman–Crippen MR) is 76.1 cm³/mol. The van der Waals surface area contributed by atoms with Crippen LogP contribution in [0, 0.1) is 6.92 Å². The summed E-state index contributed by atoms with van der Waals surface area (Å²) in [7, 11) is 1.34. The highest BCUT2D eigenvalue weighted by molar-refractivity contribution is 5.86. The fraction of sp³-hybridized carbons (Fsp3) is 0.571. The third-order valence-electron chi connectivity index (χ3n) is 3.90. The molecule has 0 spiro atoms. The van der Waals surface area contributed by atoms with E-state index in [9.17, 15) is 4.79 Å². The standard InChI is InChI=1S/C14H19N5O3/c1-10-7-11(16-22-10)8-18-5-3-12(4-6-18)19-9-13(15-17-19)14(20)21-2/h7,9,12H,3-6,8H2,1-2H3. The van der Waals surface area contributed by atoms with E-state index in [2.05, 4.69) is 25.1 Å². The van der Waals surface area contributed by atoms with Crippen LogP contribution in [0.15, 0.2) is 16.8 Å². The highest BCUT2D eigenvalue weighted by Gasteiger charge is 2.23. The molecule has 1 aliphatic rings. The van der Waals surface area contributed by atoms with Crippen LogP contribution in [0.4, 0.5) is 0 Å². The Morgan fingerprint density at radius 3 is 2.86 bits per heavy atom. The maximum atomic E-state index is 11.4. The average molecular weight is 305 g/mol. The summed E-state index contributed by atoms with van der Waals surface area (Å²) in [5, 5.41) is 11.9. The van der Waals surface area contributed by atoms with Crippen LogP contribution in [0.25, 0.3) is 0 Å². The number of rotatable bonds is 4. The van der Waals surface area contributed by atoms with Crippen molar-refractivity contribution in [1.29, 1.82) is 0 Å². The van der Waals surface area contributed by atoms with E-state index >= 15 is 0 Å². The van der Waals surface area contributed by atoms with Gasteiger partial charge in [0.1, 0.15) is 5.76 Å². The molecule has 0 bridgehead atoms. The summed E-state index contributed by atoms with van der Waals surface area (Å²) >= 11 is 0. The van der Waals surface area contributed by atoms with E-state index in [1.807, 2.05) is 13.0 Å². The molecule has 22 heavy (non-hydrogen) atoms. The SMILES string of the molecule is COC(=O)c1cn(C2CCN(Cc3cc(C)on3)CC2)nn1. The normalized spacial score (nSPS) is 16.8. The molecule has 1 aliphatic heterocycles. The zero-order valence-electron chi connectivity index (χ0n) is 12.7. The van der Waals surface area contributed by atoms with Gasteiger partial charge in [-0.1, -0.05) is 10.4 Å². The van der Waals surface area contributed by atoms with Crippen molar-refractivity contribution in [3.63, 3.8) is 0 Å². The number of aryl methyl sites for hydroxylation is 1. The largest absolute Gasteiger partial charge is 0.464 e. The van der Waals surface area contributed by atoms with Gasteiger partial charge in [0.05, 0.1) is 25.0 Å². The first-order chi connectivity index (χ1) is 10.7. The summed E-state index contributed by atoms with van der Waals surface area (Å²) < 4.78 is 11.5. The summed E-state index contributed by atoms with van der Waals surface area (Å²) in [6, 6.07) is 2.23. The molecular formula is C14H19N5O3. The summed E-state index contributed by atoms with van der Waals surface area (Å²) in [5.41, 5.74) is 1.22. The van der Waals surface area contributed by atoms with Crippen LogP contribution in [-0.4, -0.2) is 51.2 Å². The average Bonchev–Trinajstić information content (AvgIpc) is 3.17. The van der Waals surface area contributed by atoms with E-state index in [1.165, 1.54) is 7.11 Å².